The maximum absolute atomic E-state index is 12.8. The van der Waals surface area contributed by atoms with Crippen LogP contribution < -0.4 is 5.32 Å². The Morgan fingerprint density at radius 1 is 1.19 bits per heavy atom. The summed E-state index contributed by atoms with van der Waals surface area (Å²) in [6.07, 6.45) is 8.48. The largest absolute Gasteiger partial charge is 0.468 e. The van der Waals surface area contributed by atoms with Crippen LogP contribution >= 0.6 is 23.6 Å². The molecule has 1 fully saturated rings. The Morgan fingerprint density at radius 2 is 1.97 bits per heavy atom. The zero-order chi connectivity index (χ0) is 21.6. The third kappa shape index (κ3) is 5.48. The van der Waals surface area contributed by atoms with Crippen LogP contribution in [0.25, 0.3) is 0 Å². The number of anilines is 1. The minimum atomic E-state index is -0.228. The average molecular weight is 462 g/mol. The molecule has 3 heterocycles. The molecule has 2 aromatic heterocycles. The molecule has 8 heteroatoms. The van der Waals surface area contributed by atoms with Crippen molar-refractivity contribution >= 4 is 39.6 Å². The number of hydrogen-bond acceptors (Lipinski definition) is 6. The lowest BCUT2D eigenvalue weighted by Crippen LogP contribution is -2.49. The molecule has 1 aliphatic carbocycles. The molecule has 0 amide bonds. The Balaban J connectivity index is 1.43. The summed E-state index contributed by atoms with van der Waals surface area (Å²) in [5.74, 6) is 0.762. The Hall–Kier alpha value is -1.90. The molecule has 168 valence electrons. The van der Waals surface area contributed by atoms with Crippen molar-refractivity contribution in [2.24, 2.45) is 0 Å². The van der Waals surface area contributed by atoms with E-state index in [4.69, 9.17) is 21.4 Å². The molecular formula is C23H31N3O3S2. The molecule has 31 heavy (non-hydrogen) atoms. The van der Waals surface area contributed by atoms with E-state index in [-0.39, 0.29) is 5.97 Å². The second kappa shape index (κ2) is 10.6. The van der Waals surface area contributed by atoms with Crippen molar-refractivity contribution in [1.29, 1.82) is 0 Å². The van der Waals surface area contributed by atoms with Gasteiger partial charge in [0, 0.05) is 31.1 Å². The standard InChI is InChI=1S/C23H31N3O3S2/c1-2-28-22(27)20-18-9-5-3-4-6-10-19(18)31-21(20)24-23(30)26-13-11-25(12-14-26)16-17-8-7-15-29-17/h7-8,15H,2-6,9-14,16H2,1H3,(H,24,30). The molecule has 2 aromatic rings. The van der Waals surface area contributed by atoms with E-state index in [1.165, 1.54) is 29.7 Å². The quantitative estimate of drug-likeness (QED) is 0.512. The topological polar surface area (TPSA) is 58.0 Å². The Morgan fingerprint density at radius 3 is 2.68 bits per heavy atom. The molecule has 2 aliphatic rings. The van der Waals surface area contributed by atoms with Gasteiger partial charge in [0.15, 0.2) is 5.11 Å². The molecule has 1 aliphatic heterocycles. The number of aryl methyl sites for hydroxylation is 1. The lowest BCUT2D eigenvalue weighted by atomic mass is 9.96. The summed E-state index contributed by atoms with van der Waals surface area (Å²) in [5.41, 5.74) is 1.89. The summed E-state index contributed by atoms with van der Waals surface area (Å²) < 4.78 is 10.9. The van der Waals surface area contributed by atoms with Crippen LogP contribution in [0.3, 0.4) is 0 Å². The molecule has 1 N–H and O–H groups in total. The van der Waals surface area contributed by atoms with Crippen molar-refractivity contribution in [3.8, 4) is 0 Å². The lowest BCUT2D eigenvalue weighted by molar-refractivity contribution is 0.0526. The van der Waals surface area contributed by atoms with Gasteiger partial charge >= 0.3 is 5.97 Å². The van der Waals surface area contributed by atoms with Gasteiger partial charge in [0.2, 0.25) is 0 Å². The summed E-state index contributed by atoms with van der Waals surface area (Å²) in [6.45, 7) is 6.62. The second-order valence-electron chi connectivity index (χ2n) is 8.12. The summed E-state index contributed by atoms with van der Waals surface area (Å²) in [5, 5.41) is 4.96. The highest BCUT2D eigenvalue weighted by Crippen LogP contribution is 2.37. The summed E-state index contributed by atoms with van der Waals surface area (Å²) in [6, 6.07) is 3.94. The van der Waals surface area contributed by atoms with Gasteiger partial charge in [-0.3, -0.25) is 4.90 Å². The van der Waals surface area contributed by atoms with Crippen molar-refractivity contribution in [1.82, 2.24) is 9.80 Å². The van der Waals surface area contributed by atoms with E-state index < -0.39 is 0 Å². The van der Waals surface area contributed by atoms with E-state index >= 15 is 0 Å². The van der Waals surface area contributed by atoms with Gasteiger partial charge in [0.25, 0.3) is 0 Å². The highest BCUT2D eigenvalue weighted by Gasteiger charge is 2.27. The molecule has 0 atom stereocenters. The van der Waals surface area contributed by atoms with Crippen molar-refractivity contribution in [2.75, 3.05) is 38.1 Å². The fraction of sp³-hybridized carbons (Fsp3) is 0.565. The number of rotatable bonds is 5. The van der Waals surface area contributed by atoms with E-state index in [9.17, 15) is 4.79 Å². The van der Waals surface area contributed by atoms with Crippen LogP contribution in [0.2, 0.25) is 0 Å². The zero-order valence-electron chi connectivity index (χ0n) is 18.2. The number of fused-ring (bicyclic) bond motifs is 1. The Labute approximate surface area is 193 Å². The number of furan rings is 1. The fourth-order valence-electron chi connectivity index (χ4n) is 4.33. The zero-order valence-corrected chi connectivity index (χ0v) is 19.8. The van der Waals surface area contributed by atoms with Gasteiger partial charge in [0.1, 0.15) is 10.8 Å². The molecule has 4 rings (SSSR count). The first-order valence-electron chi connectivity index (χ1n) is 11.3. The monoisotopic (exact) mass is 461 g/mol. The molecule has 0 aromatic carbocycles. The molecule has 0 spiro atoms. The highest BCUT2D eigenvalue weighted by atomic mass is 32.1. The predicted molar refractivity (Wildman–Crippen MR) is 128 cm³/mol. The number of ether oxygens (including phenoxy) is 1. The van der Waals surface area contributed by atoms with Crippen LogP contribution in [0.1, 0.15) is 59.2 Å². The van der Waals surface area contributed by atoms with Crippen LogP contribution in [-0.2, 0) is 24.1 Å². The van der Waals surface area contributed by atoms with Crippen molar-refractivity contribution in [3.05, 3.63) is 40.2 Å². The molecule has 0 radical (unpaired) electrons. The van der Waals surface area contributed by atoms with E-state index in [0.29, 0.717) is 17.3 Å². The number of thiophene rings is 1. The van der Waals surface area contributed by atoms with E-state index in [1.807, 2.05) is 19.1 Å². The third-order valence-corrected chi connectivity index (χ3v) is 7.56. The van der Waals surface area contributed by atoms with Crippen LogP contribution in [0, 0.1) is 0 Å². The fourth-order valence-corrected chi connectivity index (χ4v) is 5.96. The molecular weight excluding hydrogens is 430 g/mol. The normalized spacial score (nSPS) is 17.5. The maximum Gasteiger partial charge on any atom is 0.341 e. The number of esters is 1. The van der Waals surface area contributed by atoms with Gasteiger partial charge in [-0.05, 0) is 62.5 Å². The number of piperazine rings is 1. The van der Waals surface area contributed by atoms with Crippen molar-refractivity contribution < 1.29 is 13.9 Å². The van der Waals surface area contributed by atoms with Gasteiger partial charge < -0.3 is 19.4 Å². The van der Waals surface area contributed by atoms with Crippen molar-refractivity contribution in [3.63, 3.8) is 0 Å². The van der Waals surface area contributed by atoms with Crippen LogP contribution in [0.5, 0.6) is 0 Å². The van der Waals surface area contributed by atoms with Gasteiger partial charge in [-0.25, -0.2) is 4.79 Å². The Bertz CT molecular complexity index is 886. The number of nitrogens with zero attached hydrogens (tertiary/aromatic N) is 2. The minimum absolute atomic E-state index is 0.228. The molecule has 0 unspecified atom stereocenters. The van der Waals surface area contributed by atoms with E-state index in [1.54, 1.807) is 17.6 Å². The first-order chi connectivity index (χ1) is 15.2. The van der Waals surface area contributed by atoms with E-state index in [2.05, 4.69) is 15.1 Å². The summed E-state index contributed by atoms with van der Waals surface area (Å²) >= 11 is 7.43. The summed E-state index contributed by atoms with van der Waals surface area (Å²) in [7, 11) is 0. The van der Waals surface area contributed by atoms with Gasteiger partial charge in [-0.15, -0.1) is 11.3 Å². The first kappa shape index (κ1) is 22.3. The lowest BCUT2D eigenvalue weighted by Gasteiger charge is -2.35. The highest BCUT2D eigenvalue weighted by molar-refractivity contribution is 7.80. The molecule has 0 saturated carbocycles. The SMILES string of the molecule is CCOC(=O)c1c(NC(=S)N2CCN(Cc3ccco3)CC2)sc2c1CCCCCC2. The number of thiocarbonyl (C=S) groups is 1. The van der Waals surface area contributed by atoms with Crippen molar-refractivity contribution in [2.45, 2.75) is 52.0 Å². The molecule has 6 nitrogen and oxygen atoms in total. The number of carbonyl (C=O) groups is 1. The number of hydrogen-bond donors (Lipinski definition) is 1. The Kier molecular flexibility index (Phi) is 7.63. The smallest absolute Gasteiger partial charge is 0.341 e. The van der Waals surface area contributed by atoms with Gasteiger partial charge in [0.05, 0.1) is 25.0 Å². The first-order valence-corrected chi connectivity index (χ1v) is 12.5. The maximum atomic E-state index is 12.8. The molecule has 0 bridgehead atoms. The summed E-state index contributed by atoms with van der Waals surface area (Å²) in [4.78, 5) is 18.7. The third-order valence-electron chi connectivity index (χ3n) is 5.99. The van der Waals surface area contributed by atoms with Crippen LogP contribution in [0.15, 0.2) is 22.8 Å². The number of carbonyl (C=O) groups excluding carboxylic acids is 1. The van der Waals surface area contributed by atoms with Crippen LogP contribution in [-0.4, -0.2) is 53.7 Å². The average Bonchev–Trinajstić information content (AvgIpc) is 3.36. The van der Waals surface area contributed by atoms with Gasteiger partial charge in [-0.2, -0.15) is 0 Å². The predicted octanol–water partition coefficient (Wildman–Crippen LogP) is 4.69. The van der Waals surface area contributed by atoms with E-state index in [0.717, 1.165) is 62.7 Å². The minimum Gasteiger partial charge on any atom is -0.468 e. The van der Waals surface area contributed by atoms with Gasteiger partial charge in [-0.1, -0.05) is 12.8 Å². The molecule has 1 saturated heterocycles. The van der Waals surface area contributed by atoms with Crippen LogP contribution in [0.4, 0.5) is 5.00 Å². The number of nitrogens with one attached hydrogen (secondary N) is 1. The second-order valence-corrected chi connectivity index (χ2v) is 9.61.